The number of piperidine rings is 2. The molecule has 4 unspecified atom stereocenters. The van der Waals surface area contributed by atoms with Crippen LogP contribution in [0.25, 0.3) is 22.4 Å². The van der Waals surface area contributed by atoms with E-state index in [2.05, 4.69) is 27.2 Å². The summed E-state index contributed by atoms with van der Waals surface area (Å²) in [5, 5.41) is 3.74. The van der Waals surface area contributed by atoms with E-state index in [0.29, 0.717) is 23.7 Å². The smallest absolute Gasteiger partial charge is 0.311 e. The summed E-state index contributed by atoms with van der Waals surface area (Å²) < 4.78 is 1.91. The predicted molar refractivity (Wildman–Crippen MR) is 147 cm³/mol. The molecule has 0 spiro atoms. The van der Waals surface area contributed by atoms with Crippen LogP contribution in [-0.2, 0) is 0 Å². The molecule has 0 radical (unpaired) electrons. The van der Waals surface area contributed by atoms with Crippen LogP contribution in [0.3, 0.4) is 0 Å². The molecule has 3 aromatic rings. The second-order valence-electron chi connectivity index (χ2n) is 11.9. The first-order valence-electron chi connectivity index (χ1n) is 14.4. The van der Waals surface area contributed by atoms with Gasteiger partial charge < -0.3 is 14.9 Å². The lowest BCUT2D eigenvalue weighted by molar-refractivity contribution is 0.144. The molecule has 2 saturated carbocycles. The highest BCUT2D eigenvalue weighted by Gasteiger charge is 2.37. The number of nitrogens with one attached hydrogen (secondary N) is 2. The van der Waals surface area contributed by atoms with E-state index in [1.165, 1.54) is 25.5 Å². The largest absolute Gasteiger partial charge is 0.345 e. The first-order chi connectivity index (χ1) is 18.0. The minimum atomic E-state index is -0.483. The summed E-state index contributed by atoms with van der Waals surface area (Å²) in [5.74, 6) is 2.91. The molecular weight excluding hydrogens is 462 g/mol. The molecule has 2 aliphatic carbocycles. The monoisotopic (exact) mass is 501 g/mol. The van der Waals surface area contributed by atoms with E-state index in [1.807, 2.05) is 28.8 Å². The van der Waals surface area contributed by atoms with E-state index in [4.69, 9.17) is 0 Å². The molecule has 2 saturated heterocycles. The fourth-order valence-corrected chi connectivity index (χ4v) is 7.45. The lowest BCUT2D eigenvalue weighted by Crippen LogP contribution is -2.53. The molecule has 4 fully saturated rings. The maximum atomic E-state index is 13.5. The third kappa shape index (κ3) is 5.15. The van der Waals surface area contributed by atoms with Crippen molar-refractivity contribution in [2.75, 3.05) is 0 Å². The molecule has 4 aliphatic rings. The molecule has 2 aliphatic heterocycles. The summed E-state index contributed by atoms with van der Waals surface area (Å²) in [5.41, 5.74) is 1.65. The second-order valence-corrected chi connectivity index (χ2v) is 11.9. The lowest BCUT2D eigenvalue weighted by Gasteiger charge is -2.44. The van der Waals surface area contributed by atoms with Crippen molar-refractivity contribution < 1.29 is 0 Å². The fraction of sp³-hybridized carbons (Fsp3) is 0.600. The van der Waals surface area contributed by atoms with Gasteiger partial charge in [0.05, 0.1) is 16.7 Å². The Hall–Kier alpha value is -2.80. The molecule has 2 N–H and O–H groups in total. The molecule has 196 valence electrons. The topological polar surface area (TPSA) is 92.7 Å². The zero-order valence-electron chi connectivity index (χ0n) is 21.9. The summed E-state index contributed by atoms with van der Waals surface area (Å²) in [6, 6.07) is 10.4. The number of aromatic amines is 1. The molecular formula is C30H39N5O2. The molecule has 0 amide bonds. The van der Waals surface area contributed by atoms with Crippen molar-refractivity contribution in [1.29, 1.82) is 0 Å². The first-order valence-corrected chi connectivity index (χ1v) is 14.4. The van der Waals surface area contributed by atoms with Crippen molar-refractivity contribution >= 4 is 11.0 Å². The normalized spacial score (nSPS) is 30.8. The van der Waals surface area contributed by atoms with Crippen molar-refractivity contribution in [3.63, 3.8) is 0 Å². The molecule has 7 heteroatoms. The minimum absolute atomic E-state index is 0.117. The van der Waals surface area contributed by atoms with Crippen LogP contribution in [0.2, 0.25) is 0 Å². The van der Waals surface area contributed by atoms with Crippen LogP contribution in [-0.4, -0.2) is 31.6 Å². The van der Waals surface area contributed by atoms with Crippen LogP contribution in [0.4, 0.5) is 0 Å². The van der Waals surface area contributed by atoms with E-state index in [-0.39, 0.29) is 17.3 Å². The molecule has 7 nitrogen and oxygen atoms in total. The summed E-state index contributed by atoms with van der Waals surface area (Å²) in [6.45, 7) is 2.29. The van der Waals surface area contributed by atoms with Crippen molar-refractivity contribution in [2.45, 2.75) is 95.7 Å². The Morgan fingerprint density at radius 3 is 2.38 bits per heavy atom. The van der Waals surface area contributed by atoms with Crippen LogP contribution in [0.1, 0.15) is 83.6 Å². The van der Waals surface area contributed by atoms with Crippen LogP contribution >= 0.6 is 0 Å². The highest BCUT2D eigenvalue weighted by atomic mass is 16.1. The number of benzene rings is 1. The number of fused-ring (bicyclic) bond motifs is 5. The molecule has 4 heterocycles. The molecule has 37 heavy (non-hydrogen) atoms. The van der Waals surface area contributed by atoms with E-state index >= 15 is 0 Å². The van der Waals surface area contributed by atoms with Gasteiger partial charge in [-0.2, -0.15) is 0 Å². The Morgan fingerprint density at radius 1 is 0.892 bits per heavy atom. The number of hydrogen-bond acceptors (Lipinski definition) is 5. The third-order valence-electron chi connectivity index (χ3n) is 9.40. The zero-order valence-corrected chi connectivity index (χ0v) is 21.9. The Labute approximate surface area is 218 Å². The van der Waals surface area contributed by atoms with E-state index in [1.54, 1.807) is 38.2 Å². The Balaban J connectivity index is 0.000000235. The summed E-state index contributed by atoms with van der Waals surface area (Å²) >= 11 is 0. The summed E-state index contributed by atoms with van der Waals surface area (Å²) in [7, 11) is 0. The maximum absolute atomic E-state index is 13.5. The predicted octanol–water partition coefficient (Wildman–Crippen LogP) is 5.22. The van der Waals surface area contributed by atoms with Gasteiger partial charge in [-0.05, 0) is 68.1 Å². The van der Waals surface area contributed by atoms with Crippen LogP contribution in [0, 0.1) is 17.8 Å². The van der Waals surface area contributed by atoms with Gasteiger partial charge in [-0.15, -0.1) is 0 Å². The van der Waals surface area contributed by atoms with E-state index in [9.17, 15) is 9.59 Å². The summed E-state index contributed by atoms with van der Waals surface area (Å²) in [4.78, 5) is 36.1. The van der Waals surface area contributed by atoms with Crippen molar-refractivity contribution in [1.82, 2.24) is 24.8 Å². The number of nitrogens with zero attached hydrogens (tertiary/aromatic N) is 3. The van der Waals surface area contributed by atoms with Crippen LogP contribution < -0.4 is 16.6 Å². The van der Waals surface area contributed by atoms with Crippen molar-refractivity contribution in [3.8, 4) is 11.4 Å². The molecule has 7 rings (SSSR count). The van der Waals surface area contributed by atoms with Gasteiger partial charge in [-0.25, -0.2) is 14.8 Å². The van der Waals surface area contributed by atoms with Gasteiger partial charge in [0.15, 0.2) is 5.69 Å². The first kappa shape index (κ1) is 24.5. The van der Waals surface area contributed by atoms with Crippen LogP contribution in [0.15, 0.2) is 46.1 Å². The number of hydrogen-bond donors (Lipinski definition) is 2. The number of rotatable bonds is 2. The maximum Gasteiger partial charge on any atom is 0.345 e. The average Bonchev–Trinajstić information content (AvgIpc) is 2.91. The highest BCUT2D eigenvalue weighted by Crippen LogP contribution is 2.39. The van der Waals surface area contributed by atoms with Gasteiger partial charge in [0, 0.05) is 24.3 Å². The number of aromatic nitrogens is 4. The van der Waals surface area contributed by atoms with E-state index in [0.717, 1.165) is 42.1 Å². The summed E-state index contributed by atoms with van der Waals surface area (Å²) in [6.07, 6.45) is 16.5. The van der Waals surface area contributed by atoms with Gasteiger partial charge in [-0.1, -0.05) is 57.6 Å². The Morgan fingerprint density at radius 2 is 1.65 bits per heavy atom. The van der Waals surface area contributed by atoms with Crippen LogP contribution in [0.5, 0.6) is 0 Å². The zero-order chi connectivity index (χ0) is 25.4. The van der Waals surface area contributed by atoms with Gasteiger partial charge in [0.1, 0.15) is 0 Å². The molecule has 1 aromatic carbocycles. The molecule has 2 aromatic heterocycles. The average molecular weight is 502 g/mol. The Kier molecular flexibility index (Phi) is 6.98. The number of para-hydroxylation sites is 2. The minimum Gasteiger partial charge on any atom is -0.311 e. The van der Waals surface area contributed by atoms with E-state index < -0.39 is 5.69 Å². The van der Waals surface area contributed by atoms with Crippen molar-refractivity contribution in [2.24, 2.45) is 17.8 Å². The molecule has 4 bridgehead atoms. The van der Waals surface area contributed by atoms with Gasteiger partial charge in [0.2, 0.25) is 0 Å². The quantitative estimate of drug-likeness (QED) is 0.503. The van der Waals surface area contributed by atoms with Crippen molar-refractivity contribution in [3.05, 3.63) is 57.4 Å². The fourth-order valence-electron chi connectivity index (χ4n) is 7.45. The Bertz CT molecular complexity index is 1340. The second kappa shape index (κ2) is 10.5. The van der Waals surface area contributed by atoms with Gasteiger partial charge in [0.25, 0.3) is 5.56 Å². The lowest BCUT2D eigenvalue weighted by atomic mass is 9.72. The third-order valence-corrected chi connectivity index (χ3v) is 9.40. The highest BCUT2D eigenvalue weighted by molar-refractivity contribution is 5.77. The SMILES string of the molecule is C1CC2CCCC(C1)C2.CC1CCC2CC(n3c(=O)c(-c4ccnc(=O)[nH]4)nc4ccccc43)CC1N2. The van der Waals surface area contributed by atoms with Gasteiger partial charge >= 0.3 is 5.69 Å². The van der Waals surface area contributed by atoms with Gasteiger partial charge in [-0.3, -0.25) is 4.79 Å². The standard InChI is InChI=1S/C21H23N5O2.C9H16/c1-12-6-7-13-10-14(11-17(12)23-13)26-18-5-3-2-4-15(18)24-19(20(26)27)16-8-9-22-21(28)25-16;1-3-8-5-2-6-9(4-1)7-8/h2-5,8-9,12-14,17,23H,6-7,10-11H2,1H3,(H,22,25,28);8-9H,1-7H2. The molecule has 4 atom stereocenters. The number of H-pyrrole nitrogens is 1.